The molecule has 0 N–H and O–H groups in total. The largest absolute Gasteiger partial charge is 0.364 e. The summed E-state index contributed by atoms with van der Waals surface area (Å²) < 4.78 is 18.9. The number of piperazine rings is 1. The van der Waals surface area contributed by atoms with E-state index in [0.717, 1.165) is 24.2 Å². The fourth-order valence-corrected chi connectivity index (χ4v) is 3.37. The average Bonchev–Trinajstić information content (AvgIpc) is 2.69. The molecule has 1 amide bonds. The number of ether oxygens (including phenoxy) is 1. The lowest BCUT2D eigenvalue weighted by Gasteiger charge is -2.36. The van der Waals surface area contributed by atoms with Crippen LogP contribution in [0.3, 0.4) is 0 Å². The van der Waals surface area contributed by atoms with Gasteiger partial charge in [0.2, 0.25) is 0 Å². The smallest absolute Gasteiger partial charge is 0.251 e. The van der Waals surface area contributed by atoms with Crippen LogP contribution in [0.15, 0.2) is 48.5 Å². The summed E-state index contributed by atoms with van der Waals surface area (Å²) >= 11 is 6.11. The van der Waals surface area contributed by atoms with Gasteiger partial charge in [-0.3, -0.25) is 9.69 Å². The Balaban J connectivity index is 1.45. The van der Waals surface area contributed by atoms with Gasteiger partial charge in [0.1, 0.15) is 11.9 Å². The van der Waals surface area contributed by atoms with Gasteiger partial charge in [-0.15, -0.1) is 0 Å². The molecule has 0 spiro atoms. The first-order valence-electron chi connectivity index (χ1n) is 9.13. The summed E-state index contributed by atoms with van der Waals surface area (Å²) in [6.45, 7) is 5.69. The Hall–Kier alpha value is -1.95. The zero-order chi connectivity index (χ0) is 19.2. The zero-order valence-corrected chi connectivity index (χ0v) is 16.2. The van der Waals surface area contributed by atoms with Crippen LogP contribution in [0, 0.1) is 5.82 Å². The van der Waals surface area contributed by atoms with E-state index in [9.17, 15) is 9.18 Å². The molecule has 1 heterocycles. The van der Waals surface area contributed by atoms with Crippen molar-refractivity contribution in [3.63, 3.8) is 0 Å². The Bertz CT molecular complexity index is 764. The maximum atomic E-state index is 13.2. The van der Waals surface area contributed by atoms with Crippen molar-refractivity contribution in [2.45, 2.75) is 26.2 Å². The molecular weight excluding hydrogens is 367 g/mol. The van der Waals surface area contributed by atoms with E-state index in [1.54, 1.807) is 13.0 Å². The minimum absolute atomic E-state index is 0.0189. The highest BCUT2D eigenvalue weighted by molar-refractivity contribution is 6.31. The van der Waals surface area contributed by atoms with Crippen LogP contribution >= 0.6 is 11.6 Å². The van der Waals surface area contributed by atoms with Gasteiger partial charge in [0.25, 0.3) is 5.91 Å². The number of carbonyl (C=O) groups is 1. The predicted octanol–water partition coefficient (Wildman–Crippen LogP) is 3.73. The summed E-state index contributed by atoms with van der Waals surface area (Å²) in [6, 6.07) is 14.3. The van der Waals surface area contributed by atoms with E-state index in [2.05, 4.69) is 4.90 Å². The molecule has 0 aliphatic carbocycles. The van der Waals surface area contributed by atoms with E-state index in [4.69, 9.17) is 16.3 Å². The summed E-state index contributed by atoms with van der Waals surface area (Å²) in [7, 11) is 0. The van der Waals surface area contributed by atoms with E-state index in [-0.39, 0.29) is 11.7 Å². The summed E-state index contributed by atoms with van der Waals surface area (Å²) in [5.74, 6) is -0.311. The number of benzene rings is 2. The minimum atomic E-state index is -0.469. The van der Waals surface area contributed by atoms with Crippen LogP contribution < -0.4 is 0 Å². The van der Waals surface area contributed by atoms with Crippen molar-refractivity contribution in [3.8, 4) is 0 Å². The molecule has 1 unspecified atom stereocenters. The van der Waals surface area contributed by atoms with Gasteiger partial charge < -0.3 is 9.64 Å². The van der Waals surface area contributed by atoms with Crippen molar-refractivity contribution in [1.29, 1.82) is 0 Å². The van der Waals surface area contributed by atoms with Crippen LogP contribution in [-0.2, 0) is 22.7 Å². The van der Waals surface area contributed by atoms with E-state index in [1.165, 1.54) is 12.1 Å². The minimum Gasteiger partial charge on any atom is -0.364 e. The standard InChI is InChI=1S/C21H24ClFN2O2/c1-16(27-15-17-5-3-2-4-6-17)21(26)25-11-9-24(10-12-25)14-18-7-8-19(23)13-20(18)22/h2-8,13,16H,9-12,14-15H2,1H3. The molecule has 144 valence electrons. The number of hydrogen-bond donors (Lipinski definition) is 0. The zero-order valence-electron chi connectivity index (χ0n) is 15.4. The van der Waals surface area contributed by atoms with Gasteiger partial charge in [0.15, 0.2) is 0 Å². The van der Waals surface area contributed by atoms with Gasteiger partial charge >= 0.3 is 0 Å². The molecule has 2 aromatic rings. The fraction of sp³-hybridized carbons (Fsp3) is 0.381. The Morgan fingerprint density at radius 2 is 1.85 bits per heavy atom. The Morgan fingerprint density at radius 1 is 1.15 bits per heavy atom. The molecule has 4 nitrogen and oxygen atoms in total. The molecule has 1 aliphatic heterocycles. The molecule has 1 fully saturated rings. The van der Waals surface area contributed by atoms with E-state index >= 15 is 0 Å². The van der Waals surface area contributed by atoms with Gasteiger partial charge in [-0.1, -0.05) is 48.0 Å². The summed E-state index contributed by atoms with van der Waals surface area (Å²) in [6.07, 6.45) is -0.469. The Labute approximate surface area is 164 Å². The second kappa shape index (κ2) is 9.31. The van der Waals surface area contributed by atoms with Crippen molar-refractivity contribution in [2.75, 3.05) is 26.2 Å². The van der Waals surface area contributed by atoms with Gasteiger partial charge in [-0.25, -0.2) is 4.39 Å². The normalized spacial score (nSPS) is 16.3. The molecular formula is C21H24ClFN2O2. The van der Waals surface area contributed by atoms with E-state index in [1.807, 2.05) is 35.2 Å². The summed E-state index contributed by atoms with van der Waals surface area (Å²) in [5.41, 5.74) is 1.95. The molecule has 27 heavy (non-hydrogen) atoms. The third-order valence-corrected chi connectivity index (χ3v) is 5.14. The number of rotatable bonds is 6. The molecule has 2 aromatic carbocycles. The number of carbonyl (C=O) groups excluding carboxylic acids is 1. The van der Waals surface area contributed by atoms with Crippen molar-refractivity contribution in [2.24, 2.45) is 0 Å². The van der Waals surface area contributed by atoms with Crippen molar-refractivity contribution < 1.29 is 13.9 Å². The molecule has 1 aliphatic rings. The summed E-state index contributed by atoms with van der Waals surface area (Å²) in [4.78, 5) is 16.7. The van der Waals surface area contributed by atoms with Gasteiger partial charge in [0, 0.05) is 37.7 Å². The van der Waals surface area contributed by atoms with E-state index in [0.29, 0.717) is 31.3 Å². The molecule has 0 saturated carbocycles. The second-order valence-corrected chi connectivity index (χ2v) is 7.18. The van der Waals surface area contributed by atoms with Gasteiger partial charge in [-0.2, -0.15) is 0 Å². The first-order chi connectivity index (χ1) is 13.0. The number of amides is 1. The van der Waals surface area contributed by atoms with E-state index < -0.39 is 6.10 Å². The Morgan fingerprint density at radius 3 is 2.52 bits per heavy atom. The SMILES string of the molecule is CC(OCc1ccccc1)C(=O)N1CCN(Cc2ccc(F)cc2Cl)CC1. The van der Waals surface area contributed by atoms with Crippen molar-refractivity contribution >= 4 is 17.5 Å². The van der Waals surface area contributed by atoms with Crippen molar-refractivity contribution in [3.05, 3.63) is 70.5 Å². The van der Waals surface area contributed by atoms with Crippen LogP contribution in [0.25, 0.3) is 0 Å². The molecule has 3 rings (SSSR count). The maximum Gasteiger partial charge on any atom is 0.251 e. The van der Waals surface area contributed by atoms with Crippen LogP contribution in [0.4, 0.5) is 4.39 Å². The third-order valence-electron chi connectivity index (χ3n) is 4.78. The van der Waals surface area contributed by atoms with Crippen LogP contribution in [0.2, 0.25) is 5.02 Å². The van der Waals surface area contributed by atoms with Gasteiger partial charge in [0.05, 0.1) is 6.61 Å². The van der Waals surface area contributed by atoms with Crippen molar-refractivity contribution in [1.82, 2.24) is 9.80 Å². The van der Waals surface area contributed by atoms with Crippen LogP contribution in [0.5, 0.6) is 0 Å². The number of hydrogen-bond acceptors (Lipinski definition) is 3. The molecule has 6 heteroatoms. The maximum absolute atomic E-state index is 13.2. The highest BCUT2D eigenvalue weighted by Crippen LogP contribution is 2.20. The van der Waals surface area contributed by atoms with Crippen LogP contribution in [0.1, 0.15) is 18.1 Å². The third kappa shape index (κ3) is 5.51. The quantitative estimate of drug-likeness (QED) is 0.753. The topological polar surface area (TPSA) is 32.8 Å². The highest BCUT2D eigenvalue weighted by atomic mass is 35.5. The lowest BCUT2D eigenvalue weighted by molar-refractivity contribution is -0.145. The second-order valence-electron chi connectivity index (χ2n) is 6.78. The monoisotopic (exact) mass is 390 g/mol. The molecule has 0 aromatic heterocycles. The van der Waals surface area contributed by atoms with Crippen LogP contribution in [-0.4, -0.2) is 48.0 Å². The molecule has 0 bridgehead atoms. The summed E-state index contributed by atoms with van der Waals surface area (Å²) in [5, 5.41) is 0.441. The lowest BCUT2D eigenvalue weighted by Crippen LogP contribution is -2.51. The predicted molar refractivity (Wildman–Crippen MR) is 104 cm³/mol. The molecule has 0 radical (unpaired) electrons. The Kier molecular flexibility index (Phi) is 6.83. The number of halogens is 2. The fourth-order valence-electron chi connectivity index (χ4n) is 3.14. The average molecular weight is 391 g/mol. The molecule has 1 atom stereocenters. The number of nitrogens with zero attached hydrogens (tertiary/aromatic N) is 2. The first-order valence-corrected chi connectivity index (χ1v) is 9.51. The first kappa shape index (κ1) is 19.8. The highest BCUT2D eigenvalue weighted by Gasteiger charge is 2.25. The lowest BCUT2D eigenvalue weighted by atomic mass is 10.2. The molecule has 1 saturated heterocycles. The van der Waals surface area contributed by atoms with Gasteiger partial charge in [-0.05, 0) is 30.2 Å².